The first-order chi connectivity index (χ1) is 10.3. The monoisotopic (exact) mass is 299 g/mol. The summed E-state index contributed by atoms with van der Waals surface area (Å²) in [5.74, 6) is 0.878. The van der Waals surface area contributed by atoms with Crippen molar-refractivity contribution in [3.05, 3.63) is 47.3 Å². The lowest BCUT2D eigenvalue weighted by atomic mass is 10.0. The van der Waals surface area contributed by atoms with Crippen molar-refractivity contribution in [3.63, 3.8) is 0 Å². The minimum Gasteiger partial charge on any atom is -0.299 e. The van der Waals surface area contributed by atoms with Gasteiger partial charge >= 0.3 is 0 Å². The maximum Gasteiger partial charge on any atom is 0.160 e. The molecule has 3 aromatic rings. The fourth-order valence-electron chi connectivity index (χ4n) is 2.85. The van der Waals surface area contributed by atoms with Gasteiger partial charge in [-0.2, -0.15) is 5.10 Å². The lowest BCUT2D eigenvalue weighted by Gasteiger charge is -2.10. The van der Waals surface area contributed by atoms with Crippen molar-refractivity contribution >= 4 is 11.6 Å². The van der Waals surface area contributed by atoms with Gasteiger partial charge in [-0.05, 0) is 24.1 Å². The van der Waals surface area contributed by atoms with E-state index in [1.807, 2.05) is 9.25 Å². The van der Waals surface area contributed by atoms with Crippen molar-refractivity contribution in [1.82, 2.24) is 24.3 Å². The van der Waals surface area contributed by atoms with Crippen molar-refractivity contribution in [2.45, 2.75) is 26.3 Å². The second-order valence-corrected chi connectivity index (χ2v) is 5.55. The molecule has 2 aromatic heterocycles. The molecule has 0 N–H and O–H groups in total. The third-order valence-corrected chi connectivity index (χ3v) is 4.15. The number of hydrogen-bond donors (Lipinski definition) is 0. The second kappa shape index (κ2) is 4.70. The Hall–Kier alpha value is -2.14. The summed E-state index contributed by atoms with van der Waals surface area (Å²) in [5.41, 5.74) is 4.37. The van der Waals surface area contributed by atoms with Gasteiger partial charge in [-0.15, -0.1) is 0 Å². The van der Waals surface area contributed by atoms with E-state index in [4.69, 9.17) is 11.6 Å². The van der Waals surface area contributed by atoms with Crippen LogP contribution in [-0.2, 0) is 13.0 Å². The molecule has 5 nitrogen and oxygen atoms in total. The second-order valence-electron chi connectivity index (χ2n) is 5.19. The average molecular weight is 300 g/mol. The molecule has 0 unspecified atom stereocenters. The zero-order valence-electron chi connectivity index (χ0n) is 11.6. The Labute approximate surface area is 127 Å². The average Bonchev–Trinajstić information content (AvgIpc) is 3.05. The highest BCUT2D eigenvalue weighted by Gasteiger charge is 2.23. The molecule has 0 amide bonds. The van der Waals surface area contributed by atoms with E-state index in [2.05, 4.69) is 40.2 Å². The Morgan fingerprint density at radius 2 is 2.19 bits per heavy atom. The lowest BCUT2D eigenvalue weighted by Crippen LogP contribution is -2.04. The molecule has 3 heterocycles. The van der Waals surface area contributed by atoms with E-state index in [-0.39, 0.29) is 0 Å². The molecule has 0 radical (unpaired) electrons. The molecule has 0 saturated carbocycles. The van der Waals surface area contributed by atoms with Crippen LogP contribution >= 0.6 is 11.6 Å². The Kier molecular flexibility index (Phi) is 2.82. The van der Waals surface area contributed by atoms with E-state index in [0.717, 1.165) is 35.6 Å². The normalized spacial score (nSPS) is 12.5. The van der Waals surface area contributed by atoms with Crippen LogP contribution in [0.5, 0.6) is 0 Å². The largest absolute Gasteiger partial charge is 0.299 e. The van der Waals surface area contributed by atoms with Gasteiger partial charge in [-0.25, -0.2) is 14.6 Å². The molecule has 0 saturated heterocycles. The van der Waals surface area contributed by atoms with E-state index < -0.39 is 0 Å². The first-order valence-corrected chi connectivity index (χ1v) is 7.39. The summed E-state index contributed by atoms with van der Waals surface area (Å²) < 4.78 is 3.91. The summed E-state index contributed by atoms with van der Waals surface area (Å²) in [6.07, 6.45) is 5.53. The van der Waals surface area contributed by atoms with Gasteiger partial charge < -0.3 is 0 Å². The van der Waals surface area contributed by atoms with Crippen LogP contribution < -0.4 is 0 Å². The Bertz CT molecular complexity index is 817. The van der Waals surface area contributed by atoms with E-state index in [0.29, 0.717) is 11.7 Å². The molecular formula is C15H14ClN5. The van der Waals surface area contributed by atoms with E-state index in [9.17, 15) is 0 Å². The van der Waals surface area contributed by atoms with Gasteiger partial charge in [0.1, 0.15) is 12.7 Å². The van der Waals surface area contributed by atoms with E-state index in [1.165, 1.54) is 5.56 Å². The van der Waals surface area contributed by atoms with Gasteiger partial charge in [0, 0.05) is 5.56 Å². The van der Waals surface area contributed by atoms with Gasteiger partial charge in [0.15, 0.2) is 11.0 Å². The summed E-state index contributed by atoms with van der Waals surface area (Å²) >= 11 is 6.22. The number of aryl methyl sites for hydroxylation is 1. The van der Waals surface area contributed by atoms with Crippen LogP contribution in [0.1, 0.15) is 24.6 Å². The van der Waals surface area contributed by atoms with Crippen LogP contribution in [0.2, 0.25) is 5.15 Å². The zero-order chi connectivity index (χ0) is 14.4. The van der Waals surface area contributed by atoms with Crippen molar-refractivity contribution < 1.29 is 0 Å². The Balaban J connectivity index is 2.01. The standard InChI is InChI=1S/C15H14ClN5/c1-2-3-10-4-5-12-11(6-10)15-17-8-19-21(15)7-13-14(16)18-9-20(12)13/h4-6,8-9H,2-3,7H2,1H3. The number of benzene rings is 1. The van der Waals surface area contributed by atoms with Gasteiger partial charge in [0.05, 0.1) is 17.9 Å². The molecule has 1 aliphatic rings. The predicted octanol–water partition coefficient (Wildman–Crippen LogP) is 3.10. The third kappa shape index (κ3) is 1.88. The molecule has 1 aliphatic heterocycles. The SMILES string of the molecule is CCCc1ccc2c(c1)-c1ncnn1Cc1c(Cl)ncn1-2. The lowest BCUT2D eigenvalue weighted by molar-refractivity contribution is 0.677. The number of fused-ring (bicyclic) bond motifs is 5. The fraction of sp³-hybridized carbons (Fsp3) is 0.267. The molecular weight excluding hydrogens is 286 g/mol. The quantitative estimate of drug-likeness (QED) is 0.571. The topological polar surface area (TPSA) is 48.5 Å². The minimum atomic E-state index is 0.516. The third-order valence-electron chi connectivity index (χ3n) is 3.83. The number of nitrogens with zero attached hydrogens (tertiary/aromatic N) is 5. The van der Waals surface area contributed by atoms with Crippen molar-refractivity contribution in [2.75, 3.05) is 0 Å². The van der Waals surface area contributed by atoms with Crippen molar-refractivity contribution in [3.8, 4) is 17.1 Å². The first-order valence-electron chi connectivity index (χ1n) is 7.01. The molecule has 106 valence electrons. The van der Waals surface area contributed by atoms with Gasteiger partial charge in [0.2, 0.25) is 0 Å². The number of halogens is 1. The molecule has 4 rings (SSSR count). The number of aromatic nitrogens is 5. The summed E-state index contributed by atoms with van der Waals surface area (Å²) in [4.78, 5) is 8.65. The highest BCUT2D eigenvalue weighted by Crippen LogP contribution is 2.33. The highest BCUT2D eigenvalue weighted by molar-refractivity contribution is 6.30. The molecule has 0 atom stereocenters. The molecule has 0 fully saturated rings. The molecule has 6 heteroatoms. The van der Waals surface area contributed by atoms with Gasteiger partial charge in [-0.3, -0.25) is 4.57 Å². The van der Waals surface area contributed by atoms with Crippen molar-refractivity contribution in [1.29, 1.82) is 0 Å². The molecule has 1 aromatic carbocycles. The molecule has 21 heavy (non-hydrogen) atoms. The Morgan fingerprint density at radius 3 is 3.05 bits per heavy atom. The van der Waals surface area contributed by atoms with Crippen LogP contribution in [0.3, 0.4) is 0 Å². The summed E-state index contributed by atoms with van der Waals surface area (Å²) in [6, 6.07) is 6.47. The van der Waals surface area contributed by atoms with Crippen LogP contribution in [0, 0.1) is 0 Å². The smallest absolute Gasteiger partial charge is 0.160 e. The molecule has 0 aliphatic carbocycles. The fourth-order valence-corrected chi connectivity index (χ4v) is 3.04. The summed E-state index contributed by atoms with van der Waals surface area (Å²) in [5, 5.41) is 4.83. The van der Waals surface area contributed by atoms with E-state index >= 15 is 0 Å². The maximum atomic E-state index is 6.22. The number of hydrogen-bond acceptors (Lipinski definition) is 3. The number of imidazole rings is 1. The minimum absolute atomic E-state index is 0.516. The summed E-state index contributed by atoms with van der Waals surface area (Å²) in [6.45, 7) is 2.76. The van der Waals surface area contributed by atoms with Gasteiger partial charge in [0.25, 0.3) is 0 Å². The Morgan fingerprint density at radius 1 is 1.29 bits per heavy atom. The number of rotatable bonds is 2. The molecule has 0 spiro atoms. The molecule has 0 bridgehead atoms. The maximum absolute atomic E-state index is 6.22. The first kappa shape index (κ1) is 12.6. The highest BCUT2D eigenvalue weighted by atomic mass is 35.5. The summed E-state index contributed by atoms with van der Waals surface area (Å²) in [7, 11) is 0. The van der Waals surface area contributed by atoms with Crippen LogP contribution in [0.25, 0.3) is 17.1 Å². The van der Waals surface area contributed by atoms with Crippen molar-refractivity contribution in [2.24, 2.45) is 0 Å². The van der Waals surface area contributed by atoms with E-state index in [1.54, 1.807) is 12.7 Å². The zero-order valence-corrected chi connectivity index (χ0v) is 12.4. The van der Waals surface area contributed by atoms with Gasteiger partial charge in [-0.1, -0.05) is 31.0 Å². The van der Waals surface area contributed by atoms with Crippen LogP contribution in [-0.4, -0.2) is 24.3 Å². The van der Waals surface area contributed by atoms with Crippen LogP contribution in [0.4, 0.5) is 0 Å². The predicted molar refractivity (Wildman–Crippen MR) is 80.7 cm³/mol. The van der Waals surface area contributed by atoms with Crippen LogP contribution in [0.15, 0.2) is 30.9 Å².